The van der Waals surface area contributed by atoms with Crippen LogP contribution in [0.1, 0.15) is 35.4 Å². The van der Waals surface area contributed by atoms with E-state index >= 15 is 0 Å². The maximum atomic E-state index is 10.9. The molecule has 2 aromatic rings. The summed E-state index contributed by atoms with van der Waals surface area (Å²) >= 11 is 0. The maximum absolute atomic E-state index is 10.9. The Morgan fingerprint density at radius 2 is 2.11 bits per heavy atom. The molecule has 1 aliphatic heterocycles. The Balaban J connectivity index is 1.72. The van der Waals surface area contributed by atoms with Gasteiger partial charge in [-0.25, -0.2) is 9.50 Å². The predicted molar refractivity (Wildman–Crippen MR) is 72.4 cm³/mol. The average Bonchev–Trinajstić information content (AvgIpc) is 2.89. The number of nitrogens with zero attached hydrogens (tertiary/aromatic N) is 4. The highest BCUT2D eigenvalue weighted by atomic mass is 16.1. The molecule has 0 bridgehead atoms. The highest BCUT2D eigenvalue weighted by Crippen LogP contribution is 2.10. The molecule has 0 radical (unpaired) electrons. The van der Waals surface area contributed by atoms with Crippen LogP contribution in [0, 0.1) is 0 Å². The number of likely N-dealkylation sites (tertiary alicyclic amines) is 1. The first-order valence-electron chi connectivity index (χ1n) is 6.88. The Bertz CT molecular complexity index is 572. The summed E-state index contributed by atoms with van der Waals surface area (Å²) < 4.78 is 1.69. The molecular weight excluding hydrogens is 240 g/mol. The molecule has 0 aromatic carbocycles. The molecule has 0 saturated carbocycles. The Kier molecular flexibility index (Phi) is 3.55. The summed E-state index contributed by atoms with van der Waals surface area (Å²) in [5.41, 5.74) is 1.25. The Hall–Kier alpha value is -1.75. The topological polar surface area (TPSA) is 50.5 Å². The van der Waals surface area contributed by atoms with E-state index in [1.54, 1.807) is 10.6 Å². The fraction of sp³-hybridized carbons (Fsp3) is 0.500. The number of hydrogen-bond acceptors (Lipinski definition) is 4. The number of aromatic nitrogens is 3. The molecule has 1 saturated heterocycles. The van der Waals surface area contributed by atoms with E-state index in [2.05, 4.69) is 15.0 Å². The molecular formula is C14H18N4O. The van der Waals surface area contributed by atoms with Gasteiger partial charge in [0, 0.05) is 19.2 Å². The van der Waals surface area contributed by atoms with Crippen LogP contribution in [-0.2, 0) is 6.42 Å². The quantitative estimate of drug-likeness (QED) is 0.781. The van der Waals surface area contributed by atoms with Crippen LogP contribution in [0.2, 0.25) is 0 Å². The summed E-state index contributed by atoms with van der Waals surface area (Å²) in [6, 6.07) is 3.59. The Labute approximate surface area is 112 Å². The molecule has 2 aromatic heterocycles. The molecule has 0 atom stereocenters. The van der Waals surface area contributed by atoms with E-state index in [4.69, 9.17) is 0 Å². The lowest BCUT2D eigenvalue weighted by atomic mass is 10.1. The van der Waals surface area contributed by atoms with Crippen LogP contribution in [0.5, 0.6) is 0 Å². The molecule has 0 N–H and O–H groups in total. The van der Waals surface area contributed by atoms with E-state index in [-0.39, 0.29) is 0 Å². The van der Waals surface area contributed by atoms with Crippen molar-refractivity contribution in [1.29, 1.82) is 0 Å². The van der Waals surface area contributed by atoms with Gasteiger partial charge in [0.2, 0.25) is 0 Å². The van der Waals surface area contributed by atoms with E-state index in [9.17, 15) is 4.79 Å². The number of fused-ring (bicyclic) bond motifs is 1. The summed E-state index contributed by atoms with van der Waals surface area (Å²) in [6.07, 6.45) is 7.46. The zero-order valence-corrected chi connectivity index (χ0v) is 11.0. The van der Waals surface area contributed by atoms with Crippen LogP contribution in [-0.4, -0.2) is 45.4 Å². The van der Waals surface area contributed by atoms with E-state index < -0.39 is 0 Å². The van der Waals surface area contributed by atoms with Crippen molar-refractivity contribution in [3.8, 4) is 0 Å². The van der Waals surface area contributed by atoms with Crippen molar-refractivity contribution >= 4 is 11.9 Å². The van der Waals surface area contributed by atoms with Gasteiger partial charge in [-0.1, -0.05) is 6.42 Å². The minimum atomic E-state index is 0.597. The number of rotatable bonds is 4. The van der Waals surface area contributed by atoms with Crippen molar-refractivity contribution in [2.75, 3.05) is 19.6 Å². The second-order valence-corrected chi connectivity index (χ2v) is 5.03. The summed E-state index contributed by atoms with van der Waals surface area (Å²) in [7, 11) is 0. The first kappa shape index (κ1) is 12.3. The minimum absolute atomic E-state index is 0.597. The Morgan fingerprint density at radius 3 is 2.89 bits per heavy atom. The van der Waals surface area contributed by atoms with Crippen LogP contribution in [0.3, 0.4) is 0 Å². The third-order valence-corrected chi connectivity index (χ3v) is 3.66. The first-order chi connectivity index (χ1) is 9.36. The smallest absolute Gasteiger partial charge is 0.166 e. The number of pyridine rings is 1. The fourth-order valence-electron chi connectivity index (χ4n) is 2.61. The van der Waals surface area contributed by atoms with Crippen molar-refractivity contribution in [2.45, 2.75) is 25.7 Å². The third kappa shape index (κ3) is 2.66. The largest absolute Gasteiger partial charge is 0.303 e. The molecule has 1 fully saturated rings. The van der Waals surface area contributed by atoms with Gasteiger partial charge in [0.05, 0.1) is 5.56 Å². The van der Waals surface area contributed by atoms with Gasteiger partial charge >= 0.3 is 0 Å². The van der Waals surface area contributed by atoms with Crippen molar-refractivity contribution in [2.24, 2.45) is 0 Å². The van der Waals surface area contributed by atoms with Crippen molar-refractivity contribution in [1.82, 2.24) is 19.5 Å². The van der Waals surface area contributed by atoms with Crippen molar-refractivity contribution in [3.05, 3.63) is 29.7 Å². The first-order valence-corrected chi connectivity index (χ1v) is 6.88. The standard InChI is InChI=1S/C14H18N4O/c19-11-12-5-4-9-18-14(12)15-13(16-18)6-10-17-7-2-1-3-8-17/h4-5,9,11H,1-3,6-8,10H2. The zero-order valence-electron chi connectivity index (χ0n) is 11.0. The number of piperidine rings is 1. The van der Waals surface area contributed by atoms with Crippen LogP contribution < -0.4 is 0 Å². The second kappa shape index (κ2) is 5.48. The summed E-state index contributed by atoms with van der Waals surface area (Å²) in [5, 5.41) is 4.43. The number of carbonyl (C=O) groups is 1. The van der Waals surface area contributed by atoms with Crippen LogP contribution in [0.15, 0.2) is 18.3 Å². The van der Waals surface area contributed by atoms with Crippen molar-refractivity contribution < 1.29 is 4.79 Å². The number of hydrogen-bond donors (Lipinski definition) is 0. The van der Waals surface area contributed by atoms with Gasteiger partial charge < -0.3 is 4.90 Å². The van der Waals surface area contributed by atoms with Crippen LogP contribution >= 0.6 is 0 Å². The average molecular weight is 258 g/mol. The van der Waals surface area contributed by atoms with Gasteiger partial charge in [-0.2, -0.15) is 5.10 Å². The summed E-state index contributed by atoms with van der Waals surface area (Å²) in [4.78, 5) is 17.9. The molecule has 1 aliphatic rings. The fourth-order valence-corrected chi connectivity index (χ4v) is 2.61. The van der Waals surface area contributed by atoms with Crippen LogP contribution in [0.4, 0.5) is 0 Å². The monoisotopic (exact) mass is 258 g/mol. The molecule has 0 amide bonds. The molecule has 0 aliphatic carbocycles. The van der Waals surface area contributed by atoms with Gasteiger partial charge in [-0.15, -0.1) is 0 Å². The molecule has 5 heteroatoms. The number of carbonyl (C=O) groups excluding carboxylic acids is 1. The predicted octanol–water partition coefficient (Wildman–Crippen LogP) is 1.57. The lowest BCUT2D eigenvalue weighted by molar-refractivity contribution is 0.112. The summed E-state index contributed by atoms with van der Waals surface area (Å²) in [5.74, 6) is 0.819. The van der Waals surface area contributed by atoms with Gasteiger partial charge in [0.1, 0.15) is 0 Å². The van der Waals surface area contributed by atoms with Gasteiger partial charge in [0.25, 0.3) is 0 Å². The lowest BCUT2D eigenvalue weighted by Crippen LogP contribution is -2.31. The number of aldehydes is 1. The van der Waals surface area contributed by atoms with Gasteiger partial charge in [-0.3, -0.25) is 4.79 Å². The highest BCUT2D eigenvalue weighted by molar-refractivity contribution is 5.83. The van der Waals surface area contributed by atoms with Crippen LogP contribution in [0.25, 0.3) is 5.65 Å². The molecule has 0 spiro atoms. The van der Waals surface area contributed by atoms with E-state index in [0.717, 1.165) is 25.1 Å². The normalized spacial score (nSPS) is 16.8. The van der Waals surface area contributed by atoms with E-state index in [1.165, 1.54) is 32.4 Å². The second-order valence-electron chi connectivity index (χ2n) is 5.03. The molecule has 3 rings (SSSR count). The zero-order chi connectivity index (χ0) is 13.1. The highest BCUT2D eigenvalue weighted by Gasteiger charge is 2.12. The van der Waals surface area contributed by atoms with Gasteiger partial charge in [-0.05, 0) is 38.1 Å². The summed E-state index contributed by atoms with van der Waals surface area (Å²) in [6.45, 7) is 3.38. The van der Waals surface area contributed by atoms with Crippen molar-refractivity contribution in [3.63, 3.8) is 0 Å². The van der Waals surface area contributed by atoms with E-state index in [0.29, 0.717) is 11.2 Å². The molecule has 0 unspecified atom stereocenters. The molecule has 5 nitrogen and oxygen atoms in total. The minimum Gasteiger partial charge on any atom is -0.303 e. The Morgan fingerprint density at radius 1 is 1.26 bits per heavy atom. The maximum Gasteiger partial charge on any atom is 0.166 e. The molecule has 19 heavy (non-hydrogen) atoms. The molecule has 3 heterocycles. The van der Waals surface area contributed by atoms with E-state index in [1.807, 2.05) is 12.3 Å². The SMILES string of the molecule is O=Cc1cccn2nc(CCN3CCCCC3)nc12. The molecule has 100 valence electrons. The van der Waals surface area contributed by atoms with Gasteiger partial charge in [0.15, 0.2) is 17.8 Å². The third-order valence-electron chi connectivity index (χ3n) is 3.66. The lowest BCUT2D eigenvalue weighted by Gasteiger charge is -2.25.